The Kier molecular flexibility index (Phi) is 3.67. The van der Waals surface area contributed by atoms with Crippen LogP contribution in [0.5, 0.6) is 5.75 Å². The van der Waals surface area contributed by atoms with Crippen molar-refractivity contribution >= 4 is 0 Å². The van der Waals surface area contributed by atoms with Gasteiger partial charge in [-0.3, -0.25) is 0 Å². The van der Waals surface area contributed by atoms with E-state index in [1.165, 1.54) is 13.2 Å². The molecule has 0 aromatic heterocycles. The fourth-order valence-corrected chi connectivity index (χ4v) is 0.994. The van der Waals surface area contributed by atoms with Crippen LogP contribution in [0.2, 0.25) is 0 Å². The monoisotopic (exact) mass is 185 g/mol. The number of para-hydroxylation sites is 1. The lowest BCUT2D eigenvalue weighted by atomic mass is 10.2. The minimum Gasteiger partial charge on any atom is -0.464 e. The zero-order chi connectivity index (χ0) is 9.68. The highest BCUT2D eigenvalue weighted by atomic mass is 19.1. The van der Waals surface area contributed by atoms with Gasteiger partial charge in [0.1, 0.15) is 0 Å². The van der Waals surface area contributed by atoms with Gasteiger partial charge in [-0.15, -0.1) is 0 Å². The van der Waals surface area contributed by atoms with E-state index in [0.29, 0.717) is 5.56 Å². The Morgan fingerprint density at radius 3 is 2.85 bits per heavy atom. The van der Waals surface area contributed by atoms with Crippen LogP contribution in [0.4, 0.5) is 4.39 Å². The normalized spacial score (nSPS) is 10.1. The summed E-state index contributed by atoms with van der Waals surface area (Å²) in [6.45, 7) is 0.269. The van der Waals surface area contributed by atoms with Gasteiger partial charge in [0.15, 0.2) is 18.4 Å². The maximum atomic E-state index is 13.1. The molecule has 0 unspecified atom stereocenters. The SMILES string of the molecule is COCOc1c(F)cccc1CN. The average molecular weight is 185 g/mol. The van der Waals surface area contributed by atoms with E-state index in [1.54, 1.807) is 12.1 Å². The molecule has 0 heterocycles. The van der Waals surface area contributed by atoms with Crippen molar-refractivity contribution in [3.05, 3.63) is 29.6 Å². The van der Waals surface area contributed by atoms with Gasteiger partial charge in [-0.2, -0.15) is 0 Å². The smallest absolute Gasteiger partial charge is 0.188 e. The maximum absolute atomic E-state index is 13.1. The highest BCUT2D eigenvalue weighted by Crippen LogP contribution is 2.21. The molecule has 0 aliphatic heterocycles. The van der Waals surface area contributed by atoms with Crippen LogP contribution >= 0.6 is 0 Å². The molecule has 0 saturated carbocycles. The molecule has 0 radical (unpaired) electrons. The second kappa shape index (κ2) is 4.79. The molecule has 0 saturated heterocycles. The Morgan fingerprint density at radius 1 is 1.46 bits per heavy atom. The molecule has 0 atom stereocenters. The highest BCUT2D eigenvalue weighted by molar-refractivity contribution is 5.34. The van der Waals surface area contributed by atoms with E-state index >= 15 is 0 Å². The van der Waals surface area contributed by atoms with Gasteiger partial charge in [0, 0.05) is 19.2 Å². The summed E-state index contributed by atoms with van der Waals surface area (Å²) in [5, 5.41) is 0. The minimum atomic E-state index is -0.417. The Morgan fingerprint density at radius 2 is 2.23 bits per heavy atom. The van der Waals surface area contributed by atoms with E-state index in [-0.39, 0.29) is 19.1 Å². The van der Waals surface area contributed by atoms with Crippen LogP contribution in [0.1, 0.15) is 5.56 Å². The molecule has 13 heavy (non-hydrogen) atoms. The van der Waals surface area contributed by atoms with Crippen molar-refractivity contribution in [1.29, 1.82) is 0 Å². The summed E-state index contributed by atoms with van der Waals surface area (Å²) in [7, 11) is 1.48. The zero-order valence-corrected chi connectivity index (χ0v) is 7.42. The molecule has 0 bridgehead atoms. The van der Waals surface area contributed by atoms with Crippen LogP contribution < -0.4 is 10.5 Å². The molecule has 3 nitrogen and oxygen atoms in total. The van der Waals surface area contributed by atoms with E-state index in [1.807, 2.05) is 0 Å². The zero-order valence-electron chi connectivity index (χ0n) is 7.42. The first-order valence-corrected chi connectivity index (χ1v) is 3.88. The van der Waals surface area contributed by atoms with Crippen LogP contribution in [-0.4, -0.2) is 13.9 Å². The molecule has 1 rings (SSSR count). The first-order valence-electron chi connectivity index (χ1n) is 3.88. The molecule has 0 amide bonds. The van der Waals surface area contributed by atoms with Crippen molar-refractivity contribution < 1.29 is 13.9 Å². The van der Waals surface area contributed by atoms with Gasteiger partial charge in [0.25, 0.3) is 0 Å². The second-order valence-electron chi connectivity index (χ2n) is 2.48. The predicted molar refractivity (Wildman–Crippen MR) is 46.8 cm³/mol. The number of hydrogen-bond donors (Lipinski definition) is 1. The summed E-state index contributed by atoms with van der Waals surface area (Å²) in [5.74, 6) is -0.244. The third-order valence-electron chi connectivity index (χ3n) is 1.59. The van der Waals surface area contributed by atoms with E-state index in [4.69, 9.17) is 10.5 Å². The van der Waals surface area contributed by atoms with Gasteiger partial charge >= 0.3 is 0 Å². The molecule has 72 valence electrons. The van der Waals surface area contributed by atoms with Gasteiger partial charge in [0.2, 0.25) is 0 Å². The predicted octanol–water partition coefficient (Wildman–Crippen LogP) is 1.27. The van der Waals surface area contributed by atoms with E-state index < -0.39 is 5.82 Å². The molecular formula is C9H12FNO2. The lowest BCUT2D eigenvalue weighted by Crippen LogP contribution is -2.06. The number of benzene rings is 1. The van der Waals surface area contributed by atoms with Gasteiger partial charge in [-0.25, -0.2) is 4.39 Å². The summed E-state index contributed by atoms with van der Waals surface area (Å²) < 4.78 is 22.8. The largest absolute Gasteiger partial charge is 0.464 e. The van der Waals surface area contributed by atoms with E-state index in [2.05, 4.69) is 4.74 Å². The maximum Gasteiger partial charge on any atom is 0.188 e. The molecule has 0 aliphatic carbocycles. The van der Waals surface area contributed by atoms with Gasteiger partial charge in [0.05, 0.1) is 0 Å². The quantitative estimate of drug-likeness (QED) is 0.718. The van der Waals surface area contributed by atoms with Crippen LogP contribution in [0, 0.1) is 5.82 Å². The highest BCUT2D eigenvalue weighted by Gasteiger charge is 2.07. The summed E-state index contributed by atoms with van der Waals surface area (Å²) in [6.07, 6.45) is 0. The van der Waals surface area contributed by atoms with Crippen LogP contribution in [0.15, 0.2) is 18.2 Å². The first kappa shape index (κ1) is 9.95. The van der Waals surface area contributed by atoms with Gasteiger partial charge in [-0.05, 0) is 6.07 Å². The number of methoxy groups -OCH3 is 1. The molecule has 0 aliphatic rings. The van der Waals surface area contributed by atoms with Gasteiger partial charge < -0.3 is 15.2 Å². The van der Waals surface area contributed by atoms with Crippen molar-refractivity contribution in [2.75, 3.05) is 13.9 Å². The third kappa shape index (κ3) is 2.40. The topological polar surface area (TPSA) is 44.5 Å². The average Bonchev–Trinajstić information content (AvgIpc) is 2.15. The molecule has 1 aromatic carbocycles. The lowest BCUT2D eigenvalue weighted by Gasteiger charge is -2.09. The van der Waals surface area contributed by atoms with Crippen molar-refractivity contribution in [2.24, 2.45) is 5.73 Å². The summed E-state index contributed by atoms with van der Waals surface area (Å²) in [6, 6.07) is 4.63. The van der Waals surface area contributed by atoms with Crippen molar-refractivity contribution in [3.63, 3.8) is 0 Å². The summed E-state index contributed by atoms with van der Waals surface area (Å²) >= 11 is 0. The third-order valence-corrected chi connectivity index (χ3v) is 1.59. The van der Waals surface area contributed by atoms with Crippen molar-refractivity contribution in [2.45, 2.75) is 6.54 Å². The van der Waals surface area contributed by atoms with E-state index in [0.717, 1.165) is 0 Å². The number of hydrogen-bond acceptors (Lipinski definition) is 3. The first-order chi connectivity index (χ1) is 6.29. The molecule has 0 fully saturated rings. The van der Waals surface area contributed by atoms with Crippen LogP contribution in [0.25, 0.3) is 0 Å². The lowest BCUT2D eigenvalue weighted by molar-refractivity contribution is 0.0475. The van der Waals surface area contributed by atoms with Crippen molar-refractivity contribution in [3.8, 4) is 5.75 Å². The Hall–Kier alpha value is -1.13. The fraction of sp³-hybridized carbons (Fsp3) is 0.333. The Bertz CT molecular complexity index is 278. The number of rotatable bonds is 4. The van der Waals surface area contributed by atoms with Crippen LogP contribution in [-0.2, 0) is 11.3 Å². The van der Waals surface area contributed by atoms with Crippen LogP contribution in [0.3, 0.4) is 0 Å². The summed E-state index contributed by atoms with van der Waals surface area (Å²) in [4.78, 5) is 0. The van der Waals surface area contributed by atoms with Gasteiger partial charge in [-0.1, -0.05) is 12.1 Å². The molecule has 2 N–H and O–H groups in total. The molecule has 0 spiro atoms. The molecule has 1 aromatic rings. The molecular weight excluding hydrogens is 173 g/mol. The standard InChI is InChI=1S/C9H12FNO2/c1-12-6-13-9-7(5-11)3-2-4-8(9)10/h2-4H,5-6,11H2,1H3. The van der Waals surface area contributed by atoms with Crippen molar-refractivity contribution in [1.82, 2.24) is 0 Å². The second-order valence-corrected chi connectivity index (χ2v) is 2.48. The fourth-order valence-electron chi connectivity index (χ4n) is 0.994. The molecule has 4 heteroatoms. The minimum absolute atomic E-state index is 0.0218. The van der Waals surface area contributed by atoms with E-state index in [9.17, 15) is 4.39 Å². The number of ether oxygens (including phenoxy) is 2. The number of halogens is 1. The number of nitrogens with two attached hydrogens (primary N) is 1. The Balaban J connectivity index is 2.87. The summed E-state index contributed by atoms with van der Waals surface area (Å²) in [5.41, 5.74) is 6.04. The Labute approximate surface area is 76.3 Å².